The maximum absolute atomic E-state index is 13.9. The molecule has 0 heterocycles. The maximum atomic E-state index is 13.9. The van der Waals surface area contributed by atoms with Crippen LogP contribution in [0.2, 0.25) is 0 Å². The molecule has 1 aromatic rings. The van der Waals surface area contributed by atoms with Gasteiger partial charge in [-0.3, -0.25) is 4.90 Å². The second-order valence-electron chi connectivity index (χ2n) is 5.70. The highest BCUT2D eigenvalue weighted by molar-refractivity contribution is 8.15. The van der Waals surface area contributed by atoms with Crippen LogP contribution in [0.3, 0.4) is 0 Å². The van der Waals surface area contributed by atoms with Gasteiger partial charge in [-0.1, -0.05) is 6.07 Å². The normalized spacial score (nSPS) is 13.1. The van der Waals surface area contributed by atoms with Crippen LogP contribution in [0.15, 0.2) is 23.1 Å². The van der Waals surface area contributed by atoms with Gasteiger partial charge in [-0.2, -0.15) is 0 Å². The Balaban J connectivity index is 2.87. The molecular weight excluding hydrogens is 233 g/mol. The number of rotatable bonds is 3. The van der Waals surface area contributed by atoms with E-state index in [1.54, 1.807) is 6.07 Å². The van der Waals surface area contributed by atoms with E-state index in [9.17, 15) is 4.39 Å². The molecular formula is C14H24FNS. The summed E-state index contributed by atoms with van der Waals surface area (Å²) >= 11 is 0. The van der Waals surface area contributed by atoms with Gasteiger partial charge in [0.25, 0.3) is 0 Å². The molecule has 3 heteroatoms. The molecule has 17 heavy (non-hydrogen) atoms. The average molecular weight is 257 g/mol. The smallest absolute Gasteiger partial charge is 0.128 e. The number of hydrogen-bond donors (Lipinski definition) is 1. The third kappa shape index (κ3) is 4.00. The number of hydrogen-bond acceptors (Lipinski definition) is 1. The van der Waals surface area contributed by atoms with Gasteiger partial charge in [-0.25, -0.2) is 15.3 Å². The minimum absolute atomic E-state index is 0.0627. The van der Waals surface area contributed by atoms with E-state index in [0.717, 1.165) is 10.5 Å². The fourth-order valence-corrected chi connectivity index (χ4v) is 2.18. The van der Waals surface area contributed by atoms with Crippen molar-refractivity contribution in [3.8, 4) is 0 Å². The van der Waals surface area contributed by atoms with Crippen molar-refractivity contribution in [2.24, 2.45) is 0 Å². The summed E-state index contributed by atoms with van der Waals surface area (Å²) in [7, 11) is 1.81. The molecule has 98 valence electrons. The summed E-state index contributed by atoms with van der Waals surface area (Å²) in [5, 5.41) is 0. The third-order valence-corrected chi connectivity index (χ3v) is 4.42. The molecule has 0 aliphatic heterocycles. The second kappa shape index (κ2) is 5.40. The van der Waals surface area contributed by atoms with Gasteiger partial charge in [0.15, 0.2) is 0 Å². The summed E-state index contributed by atoms with van der Waals surface area (Å²) in [4.78, 5) is 3.28. The van der Waals surface area contributed by atoms with Crippen LogP contribution in [-0.4, -0.2) is 30.0 Å². The van der Waals surface area contributed by atoms with Crippen LogP contribution in [0.1, 0.15) is 26.3 Å². The van der Waals surface area contributed by atoms with E-state index < -0.39 is 0 Å². The van der Waals surface area contributed by atoms with E-state index in [2.05, 4.69) is 44.2 Å². The fraction of sp³-hybridized carbons (Fsp3) is 0.571. The Kier molecular flexibility index (Phi) is 4.62. The fourth-order valence-electron chi connectivity index (χ4n) is 1.44. The molecule has 0 unspecified atom stereocenters. The van der Waals surface area contributed by atoms with Crippen molar-refractivity contribution in [1.29, 1.82) is 0 Å². The molecule has 0 aromatic heterocycles. The lowest BCUT2D eigenvalue weighted by Crippen LogP contribution is -2.37. The Morgan fingerprint density at radius 1 is 1.24 bits per heavy atom. The topological polar surface area (TPSA) is 3.24 Å². The molecule has 0 N–H and O–H groups in total. The summed E-state index contributed by atoms with van der Waals surface area (Å²) < 4.78 is 13.9. The Labute approximate surface area is 107 Å². The lowest BCUT2D eigenvalue weighted by Gasteiger charge is -2.32. The number of halogens is 1. The number of nitrogens with zero attached hydrogens (tertiary/aromatic N) is 1. The van der Waals surface area contributed by atoms with Gasteiger partial charge < -0.3 is 0 Å². The zero-order chi connectivity index (χ0) is 13.2. The van der Waals surface area contributed by atoms with E-state index in [4.69, 9.17) is 0 Å². The van der Waals surface area contributed by atoms with Gasteiger partial charge in [0.2, 0.25) is 0 Å². The first kappa shape index (κ1) is 14.5. The SMILES string of the molecule is CN(Cc1ccc([SH](C)C)cc1F)C(C)(C)C. The first-order valence-electron chi connectivity index (χ1n) is 5.89. The lowest BCUT2D eigenvalue weighted by molar-refractivity contribution is 0.165. The van der Waals surface area contributed by atoms with Crippen LogP contribution in [0, 0.1) is 5.82 Å². The molecule has 0 amide bonds. The predicted octanol–water partition coefficient (Wildman–Crippen LogP) is 3.68. The van der Waals surface area contributed by atoms with Crippen molar-refractivity contribution in [2.45, 2.75) is 37.8 Å². The molecule has 0 fully saturated rings. The van der Waals surface area contributed by atoms with Crippen molar-refractivity contribution >= 4 is 10.9 Å². The van der Waals surface area contributed by atoms with Crippen LogP contribution in [0.5, 0.6) is 0 Å². The van der Waals surface area contributed by atoms with Crippen LogP contribution >= 0.6 is 10.9 Å². The largest absolute Gasteiger partial charge is 0.297 e. The second-order valence-corrected chi connectivity index (χ2v) is 8.00. The van der Waals surface area contributed by atoms with E-state index in [1.165, 1.54) is 0 Å². The third-order valence-electron chi connectivity index (χ3n) is 3.11. The monoisotopic (exact) mass is 257 g/mol. The highest BCUT2D eigenvalue weighted by Gasteiger charge is 2.18. The summed E-state index contributed by atoms with van der Waals surface area (Å²) in [6.07, 6.45) is 4.29. The molecule has 0 saturated carbocycles. The Hall–Kier alpha value is -0.540. The summed E-state index contributed by atoms with van der Waals surface area (Å²) in [6.45, 7) is 7.06. The molecule has 0 radical (unpaired) electrons. The molecule has 1 aromatic carbocycles. The highest BCUT2D eigenvalue weighted by atomic mass is 32.2. The Morgan fingerprint density at radius 2 is 1.82 bits per heavy atom. The van der Waals surface area contributed by atoms with Gasteiger partial charge >= 0.3 is 0 Å². The average Bonchev–Trinajstić information content (AvgIpc) is 2.19. The minimum Gasteiger partial charge on any atom is -0.297 e. The summed E-state index contributed by atoms with van der Waals surface area (Å²) in [5.74, 6) is -0.0743. The first-order chi connectivity index (χ1) is 7.71. The van der Waals surface area contributed by atoms with Crippen LogP contribution < -0.4 is 0 Å². The van der Waals surface area contributed by atoms with Gasteiger partial charge in [-0.05, 0) is 57.4 Å². The van der Waals surface area contributed by atoms with Gasteiger partial charge in [0.05, 0.1) is 0 Å². The van der Waals surface area contributed by atoms with Crippen LogP contribution in [0.25, 0.3) is 0 Å². The van der Waals surface area contributed by atoms with E-state index >= 15 is 0 Å². The van der Waals surface area contributed by atoms with E-state index in [0.29, 0.717) is 6.54 Å². The van der Waals surface area contributed by atoms with Crippen LogP contribution in [0.4, 0.5) is 4.39 Å². The van der Waals surface area contributed by atoms with Crippen molar-refractivity contribution in [3.05, 3.63) is 29.6 Å². The zero-order valence-electron chi connectivity index (χ0n) is 11.7. The van der Waals surface area contributed by atoms with Crippen molar-refractivity contribution in [2.75, 3.05) is 19.6 Å². The van der Waals surface area contributed by atoms with E-state index in [-0.39, 0.29) is 22.3 Å². The number of thiol groups is 1. The predicted molar refractivity (Wildman–Crippen MR) is 76.7 cm³/mol. The molecule has 0 aliphatic carbocycles. The van der Waals surface area contributed by atoms with Crippen molar-refractivity contribution in [1.82, 2.24) is 4.90 Å². The van der Waals surface area contributed by atoms with Gasteiger partial charge in [0.1, 0.15) is 5.82 Å². The van der Waals surface area contributed by atoms with Crippen LogP contribution in [-0.2, 0) is 6.54 Å². The molecule has 0 saturated heterocycles. The van der Waals surface area contributed by atoms with Gasteiger partial charge in [-0.15, -0.1) is 0 Å². The molecule has 1 nitrogen and oxygen atoms in total. The van der Waals surface area contributed by atoms with Crippen molar-refractivity contribution < 1.29 is 4.39 Å². The first-order valence-corrected chi connectivity index (χ1v) is 8.12. The summed E-state index contributed by atoms with van der Waals surface area (Å²) in [5.41, 5.74) is 0.843. The highest BCUT2D eigenvalue weighted by Crippen LogP contribution is 2.29. The number of benzene rings is 1. The maximum Gasteiger partial charge on any atom is 0.128 e. The standard InChI is InChI=1S/C14H24FNS/c1-14(2,3)16(4)10-11-7-8-12(17(5)6)9-13(11)15/h7-9,17H,10H2,1-6H3. The molecule has 0 spiro atoms. The quantitative estimate of drug-likeness (QED) is 0.809. The van der Waals surface area contributed by atoms with Crippen molar-refractivity contribution in [3.63, 3.8) is 0 Å². The summed E-state index contributed by atoms with van der Waals surface area (Å²) in [6, 6.07) is 5.67. The Morgan fingerprint density at radius 3 is 2.24 bits per heavy atom. The molecule has 1 rings (SSSR count). The molecule has 0 aliphatic rings. The lowest BCUT2D eigenvalue weighted by atomic mass is 10.1. The molecule has 0 bridgehead atoms. The molecule has 0 atom stereocenters. The van der Waals surface area contributed by atoms with Gasteiger partial charge in [0, 0.05) is 17.6 Å². The zero-order valence-corrected chi connectivity index (χ0v) is 12.6. The minimum atomic E-state index is -0.221. The Bertz CT molecular complexity index is 382. The van der Waals surface area contributed by atoms with E-state index in [1.807, 2.05) is 13.1 Å².